The summed E-state index contributed by atoms with van der Waals surface area (Å²) in [4.78, 5) is 25.5. The Morgan fingerprint density at radius 1 is 0.969 bits per heavy atom. The Hall–Kier alpha value is -3.78. The summed E-state index contributed by atoms with van der Waals surface area (Å²) in [6.45, 7) is 4.02. The number of nitrogens with zero attached hydrogens (tertiary/aromatic N) is 4. The summed E-state index contributed by atoms with van der Waals surface area (Å²) >= 11 is 1.23. The van der Waals surface area contributed by atoms with Crippen LogP contribution in [0.2, 0.25) is 0 Å². The second kappa shape index (κ2) is 9.57. The molecule has 1 N–H and O–H groups in total. The zero-order valence-corrected chi connectivity index (χ0v) is 18.5. The van der Waals surface area contributed by atoms with Gasteiger partial charge in [0, 0.05) is 11.1 Å². The third-order valence-electron chi connectivity index (χ3n) is 4.84. The highest BCUT2D eigenvalue weighted by Crippen LogP contribution is 2.23. The number of rotatable bonds is 7. The summed E-state index contributed by atoms with van der Waals surface area (Å²) in [6, 6.07) is 22.0. The number of carbonyl (C=O) groups is 2. The number of aromatic nitrogens is 4. The van der Waals surface area contributed by atoms with Gasteiger partial charge in [-0.05, 0) is 48.0 Å². The van der Waals surface area contributed by atoms with Crippen LogP contribution in [-0.4, -0.2) is 37.7 Å². The van der Waals surface area contributed by atoms with Crippen molar-refractivity contribution in [3.63, 3.8) is 0 Å². The van der Waals surface area contributed by atoms with E-state index in [2.05, 4.69) is 26.9 Å². The van der Waals surface area contributed by atoms with Crippen LogP contribution in [-0.2, 0) is 4.79 Å². The molecule has 0 bridgehead atoms. The first kappa shape index (κ1) is 21.5. The Bertz CT molecular complexity index is 1270. The minimum atomic E-state index is -0.251. The third kappa shape index (κ3) is 4.76. The molecule has 7 nitrogen and oxygen atoms in total. The van der Waals surface area contributed by atoms with Gasteiger partial charge in [0.2, 0.25) is 11.1 Å². The molecule has 1 amide bonds. The van der Waals surface area contributed by atoms with Gasteiger partial charge in [0.25, 0.3) is 0 Å². The van der Waals surface area contributed by atoms with Crippen molar-refractivity contribution in [1.82, 2.24) is 20.2 Å². The van der Waals surface area contributed by atoms with Gasteiger partial charge in [-0.3, -0.25) is 9.59 Å². The number of anilines is 1. The summed E-state index contributed by atoms with van der Waals surface area (Å²) in [5, 5.41) is 15.2. The first-order valence-corrected chi connectivity index (χ1v) is 11.0. The van der Waals surface area contributed by atoms with Gasteiger partial charge < -0.3 is 5.32 Å². The van der Waals surface area contributed by atoms with E-state index in [1.165, 1.54) is 11.8 Å². The largest absolute Gasteiger partial charge is 0.325 e. The van der Waals surface area contributed by atoms with Crippen LogP contribution in [0.15, 0.2) is 78.0 Å². The van der Waals surface area contributed by atoms with Crippen molar-refractivity contribution in [3.8, 4) is 5.69 Å². The van der Waals surface area contributed by atoms with E-state index in [-0.39, 0.29) is 17.4 Å². The number of hydrogen-bond donors (Lipinski definition) is 1. The second-order valence-electron chi connectivity index (χ2n) is 7.24. The van der Waals surface area contributed by atoms with E-state index in [1.54, 1.807) is 41.1 Å². The molecule has 0 fully saturated rings. The zero-order valence-electron chi connectivity index (χ0n) is 17.6. The lowest BCUT2D eigenvalue weighted by Crippen LogP contribution is -2.17. The Labute approximate surface area is 189 Å². The molecule has 0 spiro atoms. The number of ketones is 1. The summed E-state index contributed by atoms with van der Waals surface area (Å²) < 4.78 is 1.62. The minimum absolute atomic E-state index is 0.0964. The molecular formula is C24H21N5O2S. The smallest absolute Gasteiger partial charge is 0.234 e. The van der Waals surface area contributed by atoms with Gasteiger partial charge in [-0.2, -0.15) is 4.68 Å². The summed E-state index contributed by atoms with van der Waals surface area (Å²) in [6.07, 6.45) is 0. The molecule has 0 saturated carbocycles. The topological polar surface area (TPSA) is 89.8 Å². The standard InChI is InChI=1S/C24H21N5O2S/c1-16-12-13-21(17(2)14-16)29-24(26-27-28-29)32-15-22(30)25-20-11-7-6-10-19(20)23(31)18-8-4-3-5-9-18/h3-14H,15H2,1-2H3,(H,25,30). The van der Waals surface area contributed by atoms with Crippen LogP contribution in [0.1, 0.15) is 27.0 Å². The number of aryl methyl sites for hydroxylation is 2. The molecule has 0 aliphatic rings. The van der Waals surface area contributed by atoms with Gasteiger partial charge >= 0.3 is 0 Å². The Kier molecular flexibility index (Phi) is 6.42. The quantitative estimate of drug-likeness (QED) is 0.339. The molecule has 1 aromatic heterocycles. The maximum absolute atomic E-state index is 12.9. The highest BCUT2D eigenvalue weighted by Gasteiger charge is 2.17. The fraction of sp³-hybridized carbons (Fsp3) is 0.125. The van der Waals surface area contributed by atoms with Gasteiger partial charge in [0.15, 0.2) is 5.78 Å². The SMILES string of the molecule is Cc1ccc(-n2nnnc2SCC(=O)Nc2ccccc2C(=O)c2ccccc2)c(C)c1. The zero-order chi connectivity index (χ0) is 22.5. The number of amides is 1. The number of benzene rings is 3. The van der Waals surface area contributed by atoms with Gasteiger partial charge in [-0.25, -0.2) is 0 Å². The summed E-state index contributed by atoms with van der Waals surface area (Å²) in [7, 11) is 0. The molecule has 32 heavy (non-hydrogen) atoms. The van der Waals surface area contributed by atoms with Crippen LogP contribution in [0.5, 0.6) is 0 Å². The lowest BCUT2D eigenvalue weighted by Gasteiger charge is -2.11. The number of carbonyl (C=O) groups excluding carboxylic acids is 2. The van der Waals surface area contributed by atoms with Crippen LogP contribution in [0, 0.1) is 13.8 Å². The first-order chi connectivity index (χ1) is 15.5. The van der Waals surface area contributed by atoms with Crippen molar-refractivity contribution in [1.29, 1.82) is 0 Å². The van der Waals surface area contributed by atoms with Crippen molar-refractivity contribution in [3.05, 3.63) is 95.1 Å². The van der Waals surface area contributed by atoms with Gasteiger partial charge in [-0.1, -0.05) is 71.9 Å². The molecule has 3 aromatic carbocycles. The molecule has 0 saturated heterocycles. The third-order valence-corrected chi connectivity index (χ3v) is 5.75. The van der Waals surface area contributed by atoms with Crippen LogP contribution in [0.25, 0.3) is 5.69 Å². The molecule has 4 rings (SSSR count). The highest BCUT2D eigenvalue weighted by molar-refractivity contribution is 7.99. The number of hydrogen-bond acceptors (Lipinski definition) is 6. The van der Waals surface area contributed by atoms with Crippen LogP contribution >= 0.6 is 11.8 Å². The normalized spacial score (nSPS) is 10.7. The summed E-state index contributed by atoms with van der Waals surface area (Å²) in [5.41, 5.74) is 4.53. The Morgan fingerprint density at radius 2 is 1.72 bits per heavy atom. The number of tetrazole rings is 1. The monoisotopic (exact) mass is 443 g/mol. The van der Waals surface area contributed by atoms with Crippen molar-refractivity contribution in [2.45, 2.75) is 19.0 Å². The Balaban J connectivity index is 1.46. The van der Waals surface area contributed by atoms with Crippen LogP contribution < -0.4 is 5.32 Å². The molecule has 0 unspecified atom stereocenters. The van der Waals surface area contributed by atoms with E-state index in [4.69, 9.17) is 0 Å². The average molecular weight is 444 g/mol. The molecule has 160 valence electrons. The van der Waals surface area contributed by atoms with Gasteiger partial charge in [0.05, 0.1) is 17.1 Å². The molecule has 0 aliphatic heterocycles. The fourth-order valence-corrected chi connectivity index (χ4v) is 4.00. The van der Waals surface area contributed by atoms with Crippen molar-refractivity contribution in [2.24, 2.45) is 0 Å². The minimum Gasteiger partial charge on any atom is -0.325 e. The molecule has 0 atom stereocenters. The first-order valence-electron chi connectivity index (χ1n) is 10.0. The maximum atomic E-state index is 12.9. The average Bonchev–Trinajstić information content (AvgIpc) is 3.26. The number of nitrogens with one attached hydrogen (secondary N) is 1. The van der Waals surface area contributed by atoms with Crippen molar-refractivity contribution in [2.75, 3.05) is 11.1 Å². The molecule has 4 aromatic rings. The maximum Gasteiger partial charge on any atom is 0.234 e. The van der Waals surface area contributed by atoms with Crippen LogP contribution in [0.3, 0.4) is 0 Å². The molecule has 0 radical (unpaired) electrons. The molecular weight excluding hydrogens is 422 g/mol. The second-order valence-corrected chi connectivity index (χ2v) is 8.18. The van der Waals surface area contributed by atoms with E-state index >= 15 is 0 Å². The van der Waals surface area contributed by atoms with E-state index in [1.807, 2.05) is 44.2 Å². The number of para-hydroxylation sites is 1. The van der Waals surface area contributed by atoms with Crippen molar-refractivity contribution >= 4 is 29.1 Å². The molecule has 8 heteroatoms. The predicted molar refractivity (Wildman–Crippen MR) is 124 cm³/mol. The van der Waals surface area contributed by atoms with Crippen molar-refractivity contribution < 1.29 is 9.59 Å². The lowest BCUT2D eigenvalue weighted by atomic mass is 10.0. The van der Waals surface area contributed by atoms with Gasteiger partial charge in [-0.15, -0.1) is 5.10 Å². The van der Waals surface area contributed by atoms with E-state index in [9.17, 15) is 9.59 Å². The highest BCUT2D eigenvalue weighted by atomic mass is 32.2. The molecule has 1 heterocycles. The van der Waals surface area contributed by atoms with Crippen LogP contribution in [0.4, 0.5) is 5.69 Å². The number of thioether (sulfide) groups is 1. The Morgan fingerprint density at radius 3 is 2.50 bits per heavy atom. The van der Waals surface area contributed by atoms with E-state index < -0.39 is 0 Å². The molecule has 0 aliphatic carbocycles. The van der Waals surface area contributed by atoms with Gasteiger partial charge in [0.1, 0.15) is 0 Å². The van der Waals surface area contributed by atoms with E-state index in [0.29, 0.717) is 22.0 Å². The summed E-state index contributed by atoms with van der Waals surface area (Å²) in [5.74, 6) is -0.300. The van der Waals surface area contributed by atoms with E-state index in [0.717, 1.165) is 16.8 Å². The predicted octanol–water partition coefficient (Wildman–Crippen LogP) is 4.24. The lowest BCUT2D eigenvalue weighted by molar-refractivity contribution is -0.113. The fourth-order valence-electron chi connectivity index (χ4n) is 3.31.